The topological polar surface area (TPSA) is 95.2 Å². The molecule has 5 aliphatic rings. The molecule has 2 aromatic carbocycles. The molecule has 3 heterocycles. The number of phenolic OH excluding ortho intramolecular Hbond substituents is 1. The van der Waals surface area contributed by atoms with E-state index < -0.39 is 17.1 Å². The number of hydrogen-bond acceptors (Lipinski definition) is 6. The summed E-state index contributed by atoms with van der Waals surface area (Å²) in [7, 11) is 0. The fourth-order valence-electron chi connectivity index (χ4n) is 8.07. The molecule has 186 valence electrons. The van der Waals surface area contributed by atoms with Gasteiger partial charge in [0.15, 0.2) is 11.5 Å². The molecule has 1 amide bonds. The van der Waals surface area contributed by atoms with Crippen molar-refractivity contribution in [1.82, 2.24) is 10.2 Å². The number of nitrogens with one attached hydrogen (secondary N) is 1. The van der Waals surface area contributed by atoms with Crippen LogP contribution < -0.4 is 10.1 Å². The molecular weight excluding hydrogens is 456 g/mol. The van der Waals surface area contributed by atoms with E-state index in [9.17, 15) is 15.0 Å². The summed E-state index contributed by atoms with van der Waals surface area (Å²) < 4.78 is 12.1. The second kappa shape index (κ2) is 7.05. The summed E-state index contributed by atoms with van der Waals surface area (Å²) in [6.07, 6.45) is 6.46. The van der Waals surface area contributed by atoms with Gasteiger partial charge in [-0.2, -0.15) is 0 Å². The lowest BCUT2D eigenvalue weighted by Crippen LogP contribution is -2.78. The van der Waals surface area contributed by atoms with E-state index in [0.29, 0.717) is 29.7 Å². The van der Waals surface area contributed by atoms with Gasteiger partial charge in [-0.1, -0.05) is 12.1 Å². The number of carbonyl (C=O) groups excluding carboxylic acids is 1. The molecule has 7 heteroatoms. The SMILES string of the molecule is O=C(N[C@@H]1CC[C@@]2(O)[C@H]3Cc4ccc(O)c5c4[C@@]2(CCN3CC2CC2)[C@H]1O5)c1cccc2occc12. The van der Waals surface area contributed by atoms with Crippen molar-refractivity contribution < 1.29 is 24.2 Å². The number of nitrogens with zero attached hydrogens (tertiary/aromatic N) is 1. The lowest BCUT2D eigenvalue weighted by molar-refractivity contribution is -0.191. The highest BCUT2D eigenvalue weighted by molar-refractivity contribution is 6.06. The van der Waals surface area contributed by atoms with E-state index >= 15 is 0 Å². The Kier molecular flexibility index (Phi) is 4.13. The highest BCUT2D eigenvalue weighted by atomic mass is 16.5. The first-order chi connectivity index (χ1) is 17.5. The Hall–Kier alpha value is -3.03. The molecule has 2 bridgehead atoms. The average Bonchev–Trinajstić information content (AvgIpc) is 3.41. The third kappa shape index (κ3) is 2.57. The van der Waals surface area contributed by atoms with Crippen LogP contribution in [0.4, 0.5) is 0 Å². The zero-order valence-corrected chi connectivity index (χ0v) is 20.1. The third-order valence-electron chi connectivity index (χ3n) is 9.82. The molecule has 7 nitrogen and oxygen atoms in total. The number of carbonyl (C=O) groups is 1. The first-order valence-electron chi connectivity index (χ1n) is 13.2. The zero-order valence-electron chi connectivity index (χ0n) is 20.1. The van der Waals surface area contributed by atoms with E-state index in [1.54, 1.807) is 12.3 Å². The largest absolute Gasteiger partial charge is 0.504 e. The number of likely N-dealkylation sites (tertiary alicyclic amines) is 1. The van der Waals surface area contributed by atoms with Crippen LogP contribution in [0.15, 0.2) is 47.1 Å². The smallest absolute Gasteiger partial charge is 0.252 e. The van der Waals surface area contributed by atoms with Gasteiger partial charge >= 0.3 is 0 Å². The fourth-order valence-corrected chi connectivity index (χ4v) is 8.07. The molecule has 5 atom stereocenters. The van der Waals surface area contributed by atoms with E-state index in [2.05, 4.69) is 10.2 Å². The molecule has 3 fully saturated rings. The van der Waals surface area contributed by atoms with Crippen LogP contribution in [0.2, 0.25) is 0 Å². The predicted octanol–water partition coefficient (Wildman–Crippen LogP) is 3.50. The highest BCUT2D eigenvalue weighted by Gasteiger charge is 2.73. The summed E-state index contributed by atoms with van der Waals surface area (Å²) >= 11 is 0. The number of aliphatic hydroxyl groups is 1. The number of phenols is 1. The van der Waals surface area contributed by atoms with Crippen molar-refractivity contribution in [2.24, 2.45) is 5.92 Å². The summed E-state index contributed by atoms with van der Waals surface area (Å²) in [6, 6.07) is 10.8. The molecule has 3 aliphatic carbocycles. The molecular formula is C29H30N2O5. The van der Waals surface area contributed by atoms with Gasteiger partial charge in [-0.25, -0.2) is 0 Å². The van der Waals surface area contributed by atoms with Gasteiger partial charge in [0.25, 0.3) is 5.91 Å². The quantitative estimate of drug-likeness (QED) is 0.523. The molecule has 8 rings (SSSR count). The zero-order chi connectivity index (χ0) is 24.2. The molecule has 1 saturated heterocycles. The normalized spacial score (nSPS) is 34.3. The second-order valence-electron chi connectivity index (χ2n) is 11.5. The van der Waals surface area contributed by atoms with Gasteiger partial charge in [-0.05, 0) is 80.8 Å². The molecule has 2 aliphatic heterocycles. The Morgan fingerprint density at radius 2 is 2.03 bits per heavy atom. The number of ether oxygens (including phenoxy) is 1. The molecule has 2 saturated carbocycles. The van der Waals surface area contributed by atoms with E-state index in [1.165, 1.54) is 12.8 Å². The first-order valence-corrected chi connectivity index (χ1v) is 13.2. The monoisotopic (exact) mass is 486 g/mol. The minimum Gasteiger partial charge on any atom is -0.504 e. The van der Waals surface area contributed by atoms with Crippen LogP contribution in [0.3, 0.4) is 0 Å². The first kappa shape index (κ1) is 21.1. The lowest BCUT2D eigenvalue weighted by atomic mass is 9.48. The number of furan rings is 1. The highest BCUT2D eigenvalue weighted by Crippen LogP contribution is 2.65. The Labute approximate surface area is 209 Å². The van der Waals surface area contributed by atoms with Gasteiger partial charge in [-0.15, -0.1) is 0 Å². The predicted molar refractivity (Wildman–Crippen MR) is 132 cm³/mol. The summed E-state index contributed by atoms with van der Waals surface area (Å²) in [4.78, 5) is 16.0. The van der Waals surface area contributed by atoms with Gasteiger partial charge in [0, 0.05) is 23.5 Å². The molecule has 1 aromatic heterocycles. The summed E-state index contributed by atoms with van der Waals surface area (Å²) in [6.45, 7) is 1.94. The molecule has 36 heavy (non-hydrogen) atoms. The van der Waals surface area contributed by atoms with Crippen molar-refractivity contribution in [3.63, 3.8) is 0 Å². The minimum absolute atomic E-state index is 0.0253. The maximum atomic E-state index is 13.5. The molecule has 1 spiro atoms. The van der Waals surface area contributed by atoms with E-state index in [0.717, 1.165) is 48.4 Å². The fraction of sp³-hybridized carbons (Fsp3) is 0.483. The average molecular weight is 487 g/mol. The van der Waals surface area contributed by atoms with Crippen molar-refractivity contribution in [2.75, 3.05) is 13.1 Å². The van der Waals surface area contributed by atoms with Gasteiger partial charge in [0.05, 0.1) is 28.9 Å². The van der Waals surface area contributed by atoms with E-state index in [-0.39, 0.29) is 23.7 Å². The molecule has 0 unspecified atom stereocenters. The Bertz CT molecular complexity index is 1410. The van der Waals surface area contributed by atoms with Crippen LogP contribution in [0.1, 0.15) is 53.6 Å². The maximum absolute atomic E-state index is 13.5. The van der Waals surface area contributed by atoms with Crippen molar-refractivity contribution in [3.8, 4) is 11.5 Å². The second-order valence-corrected chi connectivity index (χ2v) is 11.5. The van der Waals surface area contributed by atoms with Crippen molar-refractivity contribution >= 4 is 16.9 Å². The van der Waals surface area contributed by atoms with Crippen LogP contribution in [0.25, 0.3) is 11.0 Å². The van der Waals surface area contributed by atoms with Crippen molar-refractivity contribution in [1.29, 1.82) is 0 Å². The Morgan fingerprint density at radius 3 is 2.89 bits per heavy atom. The van der Waals surface area contributed by atoms with Crippen LogP contribution >= 0.6 is 0 Å². The van der Waals surface area contributed by atoms with Crippen LogP contribution in [0, 0.1) is 5.92 Å². The summed E-state index contributed by atoms with van der Waals surface area (Å²) in [5.41, 5.74) is 1.79. The molecule has 3 aromatic rings. The number of benzene rings is 2. The van der Waals surface area contributed by atoms with Gasteiger partial charge in [-0.3, -0.25) is 9.69 Å². The lowest BCUT2D eigenvalue weighted by Gasteiger charge is -2.64. The number of piperidine rings is 1. The number of aromatic hydroxyl groups is 1. The number of fused-ring (bicyclic) bond motifs is 1. The number of amides is 1. The van der Waals surface area contributed by atoms with E-state index in [1.807, 2.05) is 30.3 Å². The number of hydrogen-bond donors (Lipinski definition) is 3. The Balaban J connectivity index is 1.20. The maximum Gasteiger partial charge on any atom is 0.252 e. The number of rotatable bonds is 4. The van der Waals surface area contributed by atoms with Crippen LogP contribution in [0.5, 0.6) is 11.5 Å². The standard InChI is InChI=1S/C29H30N2O5/c32-21-7-6-17-14-23-29(34)10-8-20(30-27(33)19-2-1-3-22-18(19)9-13-35-22)26-28(29,24(17)25(21)36-26)11-12-31(23)15-16-4-5-16/h1-3,6-7,9,13,16,20,23,26,32,34H,4-5,8,10-12,14-15H2,(H,30,33)/t20-,23-,26+,28+,29-/m1/s1. The van der Waals surface area contributed by atoms with Crippen LogP contribution in [-0.4, -0.2) is 57.9 Å². The van der Waals surface area contributed by atoms with Crippen LogP contribution in [-0.2, 0) is 11.8 Å². The van der Waals surface area contributed by atoms with Gasteiger partial charge < -0.3 is 24.7 Å². The molecule has 0 radical (unpaired) electrons. The Morgan fingerprint density at radius 1 is 1.14 bits per heavy atom. The minimum atomic E-state index is -0.956. The van der Waals surface area contributed by atoms with Crippen molar-refractivity contribution in [3.05, 3.63) is 59.4 Å². The van der Waals surface area contributed by atoms with E-state index in [4.69, 9.17) is 9.15 Å². The molecule has 3 N–H and O–H groups in total. The third-order valence-corrected chi connectivity index (χ3v) is 9.82. The van der Waals surface area contributed by atoms with Crippen molar-refractivity contribution in [2.45, 2.75) is 67.7 Å². The summed E-state index contributed by atoms with van der Waals surface area (Å²) in [5, 5.41) is 27.4. The van der Waals surface area contributed by atoms with Gasteiger partial charge in [0.2, 0.25) is 0 Å². The summed E-state index contributed by atoms with van der Waals surface area (Å²) in [5.74, 6) is 1.20. The van der Waals surface area contributed by atoms with Gasteiger partial charge in [0.1, 0.15) is 11.7 Å².